The van der Waals surface area contributed by atoms with E-state index in [0.717, 1.165) is 91.5 Å². The summed E-state index contributed by atoms with van der Waals surface area (Å²) >= 11 is 8.56. The van der Waals surface area contributed by atoms with Crippen LogP contribution in [0, 0.1) is 13.8 Å². The van der Waals surface area contributed by atoms with Gasteiger partial charge in [-0.1, -0.05) is 0 Å². The number of fused-ring (bicyclic) bond motifs is 2. The van der Waals surface area contributed by atoms with Gasteiger partial charge in [0.05, 0.1) is 0 Å². The molecule has 8 heteroatoms. The molecule has 4 aromatic carbocycles. The van der Waals surface area contributed by atoms with Crippen molar-refractivity contribution in [2.45, 2.75) is 60.9 Å². The number of rotatable bonds is 8. The SMILES string of the molecule is CCc1ccc2c(c1-c1ccccc1Cl)C=C(c1ccc(C)o1)[CH]2[Zr]([Cl])([Cl])([CH]1C(c2ccc(C)o2)=Cc2c1ccc(CC)c2-c1ccccc1Cl)=[Si](C)C. The van der Waals surface area contributed by atoms with Crippen LogP contribution in [-0.2, 0) is 27.9 Å². The van der Waals surface area contributed by atoms with Crippen LogP contribution in [0.15, 0.2) is 106 Å². The van der Waals surface area contributed by atoms with Crippen molar-refractivity contribution >= 4 is 69.0 Å². The Hall–Kier alpha value is -2.82. The third kappa shape index (κ3) is 5.89. The van der Waals surface area contributed by atoms with Gasteiger partial charge in [-0.2, -0.15) is 0 Å². The Morgan fingerprint density at radius 3 is 1.31 bits per heavy atom. The quantitative estimate of drug-likeness (QED) is 0.142. The zero-order valence-electron chi connectivity index (χ0n) is 31.3. The molecule has 0 N–H and O–H groups in total. The summed E-state index contributed by atoms with van der Waals surface area (Å²) in [4.78, 5) is 0. The Labute approximate surface area is 336 Å². The van der Waals surface area contributed by atoms with Crippen molar-refractivity contribution in [2.75, 3.05) is 0 Å². The molecule has 274 valence electrons. The van der Waals surface area contributed by atoms with Crippen LogP contribution >= 0.6 is 40.2 Å². The number of benzene rings is 4. The van der Waals surface area contributed by atoms with Gasteiger partial charge < -0.3 is 0 Å². The summed E-state index contributed by atoms with van der Waals surface area (Å²) in [6.45, 7) is 13.0. The van der Waals surface area contributed by atoms with E-state index in [2.05, 4.69) is 99.8 Å². The van der Waals surface area contributed by atoms with Crippen LogP contribution in [0.2, 0.25) is 23.1 Å². The first kappa shape index (κ1) is 38.1. The average Bonchev–Trinajstić information content (AvgIpc) is 3.96. The van der Waals surface area contributed by atoms with Gasteiger partial charge in [-0.25, -0.2) is 0 Å². The minimum absolute atomic E-state index is 0.281. The standard InChI is InChI=1S/2C22H18ClO.C2H6Si.2ClH.Zr/c2*1-3-15-9-10-16-12-17(21-11-8-14(2)24-21)13-19(16)22(15)18-6-4-5-7-20(18)23;1-3-2;;;/h2*4-13H,3H2,1-2H3;1-2H3;2*1H;/q;;;;;+2/p-2. The second kappa shape index (κ2) is 14.3. The van der Waals surface area contributed by atoms with Crippen molar-refractivity contribution in [3.8, 4) is 22.3 Å². The summed E-state index contributed by atoms with van der Waals surface area (Å²) < 4.78 is 12.5. The van der Waals surface area contributed by atoms with Gasteiger partial charge in [0.25, 0.3) is 0 Å². The summed E-state index contributed by atoms with van der Waals surface area (Å²) in [6, 6.07) is 33.5. The molecule has 2 aliphatic carbocycles. The molecule has 0 aliphatic heterocycles. The van der Waals surface area contributed by atoms with Crippen molar-refractivity contribution in [1.29, 1.82) is 0 Å². The number of hydrogen-bond acceptors (Lipinski definition) is 2. The molecule has 0 bridgehead atoms. The monoisotopic (exact) mass is 884 g/mol. The van der Waals surface area contributed by atoms with Gasteiger partial charge >= 0.3 is 339 Å². The molecule has 2 atom stereocenters. The molecular formula is C46H42Cl4O2SiZr. The number of furan rings is 2. The number of aryl methyl sites for hydroxylation is 4. The molecule has 6 aromatic rings. The normalized spacial score (nSPS) is 16.6. The molecule has 0 fully saturated rings. The van der Waals surface area contributed by atoms with E-state index in [0.29, 0.717) is 10.0 Å². The van der Waals surface area contributed by atoms with E-state index >= 15 is 0 Å². The molecule has 2 aliphatic rings. The number of halogens is 4. The molecule has 54 heavy (non-hydrogen) atoms. The molecule has 8 rings (SSSR count). The maximum atomic E-state index is 8.91. The van der Waals surface area contributed by atoms with Crippen molar-refractivity contribution in [3.63, 3.8) is 0 Å². The topological polar surface area (TPSA) is 26.3 Å². The molecule has 0 saturated heterocycles. The third-order valence-electron chi connectivity index (χ3n) is 11.7. The van der Waals surface area contributed by atoms with Crippen LogP contribution < -0.4 is 0 Å². The van der Waals surface area contributed by atoms with Crippen molar-refractivity contribution in [2.24, 2.45) is 0 Å². The molecule has 0 amide bonds. The Balaban J connectivity index is 1.49. The van der Waals surface area contributed by atoms with E-state index in [4.69, 9.17) is 49.1 Å². The third-order valence-corrected chi connectivity index (χ3v) is 58.6. The first-order valence-corrected chi connectivity index (χ1v) is 34.7. The van der Waals surface area contributed by atoms with E-state index in [1.54, 1.807) is 0 Å². The van der Waals surface area contributed by atoms with Crippen LogP contribution in [0.3, 0.4) is 0 Å². The zero-order valence-corrected chi connectivity index (χ0v) is 37.8. The van der Waals surface area contributed by atoms with E-state index < -0.39 is 20.4 Å². The first-order chi connectivity index (χ1) is 25.9. The molecule has 0 saturated carbocycles. The summed E-state index contributed by atoms with van der Waals surface area (Å²) in [7, 11) is 17.8. The van der Waals surface area contributed by atoms with Crippen molar-refractivity contribution in [3.05, 3.63) is 164 Å². The second-order valence-electron chi connectivity index (χ2n) is 14.9. The Morgan fingerprint density at radius 2 is 0.981 bits per heavy atom. The van der Waals surface area contributed by atoms with E-state index in [9.17, 15) is 0 Å². The molecular weight excluding hydrogens is 846 g/mol. The predicted molar refractivity (Wildman–Crippen MR) is 230 cm³/mol. The average molecular weight is 888 g/mol. The zero-order chi connectivity index (χ0) is 38.1. The maximum absolute atomic E-state index is 8.91. The fourth-order valence-electron chi connectivity index (χ4n) is 9.03. The molecule has 2 unspecified atom stereocenters. The Kier molecular flexibility index (Phi) is 10.1. The van der Waals surface area contributed by atoms with E-state index in [1.807, 2.05) is 50.2 Å². The van der Waals surface area contributed by atoms with Crippen LogP contribution in [0.4, 0.5) is 0 Å². The van der Waals surface area contributed by atoms with Crippen molar-refractivity contribution < 1.29 is 23.8 Å². The van der Waals surface area contributed by atoms with Gasteiger partial charge in [0.15, 0.2) is 0 Å². The molecule has 2 nitrogen and oxygen atoms in total. The number of allylic oxidation sites excluding steroid dienone is 2. The van der Waals surface area contributed by atoms with Crippen molar-refractivity contribution in [1.82, 2.24) is 0 Å². The summed E-state index contributed by atoms with van der Waals surface area (Å²) in [5.74, 6) is 3.29. The second-order valence-corrected chi connectivity index (χ2v) is 54.5. The molecule has 0 radical (unpaired) electrons. The van der Waals surface area contributed by atoms with Gasteiger partial charge in [0.2, 0.25) is 0 Å². The molecule has 2 aromatic heterocycles. The van der Waals surface area contributed by atoms with Crippen LogP contribution in [0.5, 0.6) is 0 Å². The molecule has 2 heterocycles. The number of hydrogen-bond donors (Lipinski definition) is 0. The van der Waals surface area contributed by atoms with Crippen LogP contribution in [0.25, 0.3) is 45.6 Å². The van der Waals surface area contributed by atoms with Crippen LogP contribution in [0.1, 0.15) is 77.5 Å². The fourth-order valence-corrected chi connectivity index (χ4v) is 37.2. The van der Waals surface area contributed by atoms with Crippen LogP contribution in [-0.4, -0.2) is 5.43 Å². The molecule has 0 spiro atoms. The first-order valence-electron chi connectivity index (χ1n) is 18.6. The Bertz CT molecular complexity index is 2460. The van der Waals surface area contributed by atoms with Gasteiger partial charge in [-0.05, 0) is 0 Å². The van der Waals surface area contributed by atoms with Gasteiger partial charge in [0.1, 0.15) is 0 Å². The van der Waals surface area contributed by atoms with E-state index in [-0.39, 0.29) is 7.25 Å². The Morgan fingerprint density at radius 1 is 0.574 bits per heavy atom. The summed E-state index contributed by atoms with van der Waals surface area (Å²) in [5, 5.41) is 1.43. The predicted octanol–water partition coefficient (Wildman–Crippen LogP) is 15.4. The minimum atomic E-state index is -5.43. The van der Waals surface area contributed by atoms with E-state index in [1.165, 1.54) is 11.1 Å². The fraction of sp³-hybridized carbons (Fsp3) is 0.217. The van der Waals surface area contributed by atoms with Gasteiger partial charge in [-0.3, -0.25) is 0 Å². The summed E-state index contributed by atoms with van der Waals surface area (Å²) in [6.07, 6.45) is 6.32. The summed E-state index contributed by atoms with van der Waals surface area (Å²) in [5.41, 5.74) is 11.9. The van der Waals surface area contributed by atoms with Gasteiger partial charge in [-0.15, -0.1) is 0 Å². The van der Waals surface area contributed by atoms with Gasteiger partial charge in [0, 0.05) is 0 Å².